The molecule has 3 nitrogen and oxygen atoms in total. The van der Waals surface area contributed by atoms with Gasteiger partial charge in [-0.1, -0.05) is 31.0 Å². The molecule has 2 N–H and O–H groups in total. The van der Waals surface area contributed by atoms with Crippen molar-refractivity contribution in [3.8, 4) is 0 Å². The van der Waals surface area contributed by atoms with E-state index in [1.54, 1.807) is 12.1 Å². The first-order chi connectivity index (χ1) is 10.8. The fourth-order valence-corrected chi connectivity index (χ4v) is 3.36. The number of halogens is 1. The molecule has 4 heteroatoms. The van der Waals surface area contributed by atoms with Gasteiger partial charge in [-0.05, 0) is 37.0 Å². The molecule has 22 heavy (non-hydrogen) atoms. The SMILES string of the molecule is OCc1ccc(CN[C@@H](c2ccccc2F)C2CCCC2)o1. The van der Waals surface area contributed by atoms with Crippen LogP contribution in [0.3, 0.4) is 0 Å². The van der Waals surface area contributed by atoms with Crippen molar-refractivity contribution in [3.05, 3.63) is 59.3 Å². The van der Waals surface area contributed by atoms with Crippen LogP contribution in [0.1, 0.15) is 48.8 Å². The second-order valence-corrected chi connectivity index (χ2v) is 5.95. The topological polar surface area (TPSA) is 45.4 Å². The molecule has 0 amide bonds. The van der Waals surface area contributed by atoms with Gasteiger partial charge in [0.05, 0.1) is 6.54 Å². The molecule has 0 aliphatic heterocycles. The van der Waals surface area contributed by atoms with Crippen LogP contribution in [0.5, 0.6) is 0 Å². The molecule has 0 spiro atoms. The van der Waals surface area contributed by atoms with Crippen molar-refractivity contribution < 1.29 is 13.9 Å². The maximum Gasteiger partial charge on any atom is 0.129 e. The van der Waals surface area contributed by atoms with Gasteiger partial charge in [-0.2, -0.15) is 0 Å². The Hall–Kier alpha value is -1.65. The van der Waals surface area contributed by atoms with E-state index in [0.717, 1.165) is 24.2 Å². The molecule has 2 aromatic rings. The zero-order chi connectivity index (χ0) is 15.4. The third-order valence-corrected chi connectivity index (χ3v) is 4.48. The maximum atomic E-state index is 14.2. The highest BCUT2D eigenvalue weighted by molar-refractivity contribution is 5.22. The Balaban J connectivity index is 1.75. The number of rotatable bonds is 6. The van der Waals surface area contributed by atoms with Crippen molar-refractivity contribution in [2.45, 2.75) is 44.9 Å². The minimum atomic E-state index is -0.151. The third kappa shape index (κ3) is 3.39. The summed E-state index contributed by atoms with van der Waals surface area (Å²) in [4.78, 5) is 0. The molecule has 1 fully saturated rings. The number of benzene rings is 1. The molecule has 1 aliphatic carbocycles. The normalized spacial score (nSPS) is 17.0. The average molecular weight is 303 g/mol. The van der Waals surface area contributed by atoms with E-state index >= 15 is 0 Å². The fraction of sp³-hybridized carbons (Fsp3) is 0.444. The maximum absolute atomic E-state index is 14.2. The lowest BCUT2D eigenvalue weighted by Gasteiger charge is -2.25. The smallest absolute Gasteiger partial charge is 0.129 e. The van der Waals surface area contributed by atoms with Crippen LogP contribution in [-0.2, 0) is 13.2 Å². The summed E-state index contributed by atoms with van der Waals surface area (Å²) in [6, 6.07) is 10.6. The molecule has 0 bridgehead atoms. The molecule has 1 atom stereocenters. The Bertz CT molecular complexity index is 605. The summed E-state index contributed by atoms with van der Waals surface area (Å²) in [5, 5.41) is 12.5. The third-order valence-electron chi connectivity index (χ3n) is 4.48. The Labute approximate surface area is 130 Å². The zero-order valence-corrected chi connectivity index (χ0v) is 12.6. The molecule has 0 unspecified atom stereocenters. The van der Waals surface area contributed by atoms with Gasteiger partial charge >= 0.3 is 0 Å². The summed E-state index contributed by atoms with van der Waals surface area (Å²) in [6.45, 7) is 0.439. The number of hydrogen-bond acceptors (Lipinski definition) is 3. The summed E-state index contributed by atoms with van der Waals surface area (Å²) in [6.07, 6.45) is 4.69. The van der Waals surface area contributed by atoms with E-state index in [1.165, 1.54) is 18.9 Å². The lowest BCUT2D eigenvalue weighted by Crippen LogP contribution is -2.27. The van der Waals surface area contributed by atoms with Gasteiger partial charge in [-0.3, -0.25) is 0 Å². The molecule has 118 valence electrons. The van der Waals surface area contributed by atoms with Gasteiger partial charge in [-0.25, -0.2) is 4.39 Å². The molecule has 1 aromatic carbocycles. The van der Waals surface area contributed by atoms with E-state index in [0.29, 0.717) is 18.2 Å². The second kappa shape index (κ2) is 7.07. The first-order valence-electron chi connectivity index (χ1n) is 7.94. The zero-order valence-electron chi connectivity index (χ0n) is 12.6. The fourth-order valence-electron chi connectivity index (χ4n) is 3.36. The first-order valence-corrected chi connectivity index (χ1v) is 7.94. The van der Waals surface area contributed by atoms with Crippen molar-refractivity contribution in [1.82, 2.24) is 5.32 Å². The highest BCUT2D eigenvalue weighted by Gasteiger charge is 2.28. The van der Waals surface area contributed by atoms with E-state index in [4.69, 9.17) is 9.52 Å². The van der Waals surface area contributed by atoms with Gasteiger partial charge in [0.15, 0.2) is 0 Å². The highest BCUT2D eigenvalue weighted by Crippen LogP contribution is 2.36. The molecular weight excluding hydrogens is 281 g/mol. The Morgan fingerprint density at radius 3 is 2.55 bits per heavy atom. The second-order valence-electron chi connectivity index (χ2n) is 5.95. The van der Waals surface area contributed by atoms with Crippen LogP contribution in [0.2, 0.25) is 0 Å². The summed E-state index contributed by atoms with van der Waals surface area (Å²) < 4.78 is 19.7. The van der Waals surface area contributed by atoms with Crippen molar-refractivity contribution >= 4 is 0 Å². The van der Waals surface area contributed by atoms with Gasteiger partial charge in [0, 0.05) is 11.6 Å². The van der Waals surface area contributed by atoms with E-state index < -0.39 is 0 Å². The van der Waals surface area contributed by atoms with E-state index in [2.05, 4.69) is 5.32 Å². The van der Waals surface area contributed by atoms with Crippen LogP contribution in [-0.4, -0.2) is 5.11 Å². The van der Waals surface area contributed by atoms with Gasteiger partial charge in [0.25, 0.3) is 0 Å². The van der Waals surface area contributed by atoms with Gasteiger partial charge in [0.2, 0.25) is 0 Å². The van der Waals surface area contributed by atoms with E-state index in [9.17, 15) is 4.39 Å². The van der Waals surface area contributed by atoms with Gasteiger partial charge < -0.3 is 14.8 Å². The number of aliphatic hydroxyl groups excluding tert-OH is 1. The average Bonchev–Trinajstić information content (AvgIpc) is 3.20. The van der Waals surface area contributed by atoms with Gasteiger partial charge in [0.1, 0.15) is 23.9 Å². The van der Waals surface area contributed by atoms with Crippen molar-refractivity contribution in [2.24, 2.45) is 5.92 Å². The molecule has 1 aromatic heterocycles. The molecule has 3 rings (SSSR count). The van der Waals surface area contributed by atoms with Crippen molar-refractivity contribution in [1.29, 1.82) is 0 Å². The van der Waals surface area contributed by atoms with E-state index in [1.807, 2.05) is 18.2 Å². The summed E-state index contributed by atoms with van der Waals surface area (Å²) >= 11 is 0. The van der Waals surface area contributed by atoms with Gasteiger partial charge in [-0.15, -0.1) is 0 Å². The highest BCUT2D eigenvalue weighted by atomic mass is 19.1. The molecule has 0 radical (unpaired) electrons. The molecule has 1 aliphatic rings. The molecular formula is C18H22FNO2. The number of hydrogen-bond donors (Lipinski definition) is 2. The quantitative estimate of drug-likeness (QED) is 0.850. The monoisotopic (exact) mass is 303 g/mol. The number of aliphatic hydroxyl groups is 1. The van der Waals surface area contributed by atoms with Crippen LogP contribution in [0.4, 0.5) is 4.39 Å². The van der Waals surface area contributed by atoms with Crippen LogP contribution >= 0.6 is 0 Å². The lowest BCUT2D eigenvalue weighted by atomic mass is 9.91. The molecule has 1 heterocycles. The van der Waals surface area contributed by atoms with Crippen LogP contribution in [0.15, 0.2) is 40.8 Å². The minimum Gasteiger partial charge on any atom is -0.462 e. The molecule has 1 saturated carbocycles. The van der Waals surface area contributed by atoms with E-state index in [-0.39, 0.29) is 18.5 Å². The largest absolute Gasteiger partial charge is 0.462 e. The first kappa shape index (κ1) is 15.3. The standard InChI is InChI=1S/C18H22FNO2/c19-17-8-4-3-7-16(17)18(13-5-1-2-6-13)20-11-14-9-10-15(12-21)22-14/h3-4,7-10,13,18,20-21H,1-2,5-6,11-12H2/t18-/m1/s1. The Kier molecular flexibility index (Phi) is 4.90. The summed E-state index contributed by atoms with van der Waals surface area (Å²) in [7, 11) is 0. The van der Waals surface area contributed by atoms with Crippen LogP contribution in [0, 0.1) is 11.7 Å². The minimum absolute atomic E-state index is 0.00590. The predicted molar refractivity (Wildman–Crippen MR) is 82.6 cm³/mol. The number of nitrogens with one attached hydrogen (secondary N) is 1. The Morgan fingerprint density at radius 1 is 1.14 bits per heavy atom. The van der Waals surface area contributed by atoms with Crippen LogP contribution in [0.25, 0.3) is 0 Å². The number of furan rings is 1. The van der Waals surface area contributed by atoms with Crippen molar-refractivity contribution in [3.63, 3.8) is 0 Å². The van der Waals surface area contributed by atoms with Crippen LogP contribution < -0.4 is 5.32 Å². The summed E-state index contributed by atoms with van der Waals surface area (Å²) in [5.74, 6) is 1.63. The summed E-state index contributed by atoms with van der Waals surface area (Å²) in [5.41, 5.74) is 0.739. The molecule has 0 saturated heterocycles. The lowest BCUT2D eigenvalue weighted by molar-refractivity contribution is 0.241. The van der Waals surface area contributed by atoms with Crippen molar-refractivity contribution in [2.75, 3.05) is 0 Å². The Morgan fingerprint density at radius 2 is 1.86 bits per heavy atom. The predicted octanol–water partition coefficient (Wildman–Crippen LogP) is 3.93.